The summed E-state index contributed by atoms with van der Waals surface area (Å²) in [5, 5.41) is 3.87. The SMILES string of the molecule is C#CCCCOC(=O)C1=C(c2ccccc2)NC(N)=NC1c1cc(Cl)cc(Cl)c1. The number of rotatable bonds is 6. The normalized spacial score (nSPS) is 15.9. The lowest BCUT2D eigenvalue weighted by Crippen LogP contribution is -2.37. The monoisotopic (exact) mass is 427 g/mol. The van der Waals surface area contributed by atoms with E-state index in [9.17, 15) is 4.79 Å². The number of aliphatic imine (C=N–C) groups is 1. The number of terminal acetylenes is 1. The van der Waals surface area contributed by atoms with E-state index in [-0.39, 0.29) is 12.6 Å². The van der Waals surface area contributed by atoms with Crippen LogP contribution in [0, 0.1) is 12.3 Å². The van der Waals surface area contributed by atoms with Crippen LogP contribution >= 0.6 is 23.2 Å². The van der Waals surface area contributed by atoms with Crippen molar-refractivity contribution in [3.05, 3.63) is 75.3 Å². The van der Waals surface area contributed by atoms with Crippen LogP contribution in [0.3, 0.4) is 0 Å². The Bertz CT molecular complexity index is 990. The molecule has 1 aliphatic rings. The maximum absolute atomic E-state index is 13.1. The molecule has 1 atom stereocenters. The van der Waals surface area contributed by atoms with Crippen molar-refractivity contribution in [3.8, 4) is 12.3 Å². The average molecular weight is 428 g/mol. The first-order valence-corrected chi connectivity index (χ1v) is 9.71. The first-order chi connectivity index (χ1) is 14.0. The number of carbonyl (C=O) groups is 1. The van der Waals surface area contributed by atoms with Gasteiger partial charge in [-0.15, -0.1) is 12.3 Å². The van der Waals surface area contributed by atoms with Gasteiger partial charge in [-0.05, 0) is 35.7 Å². The van der Waals surface area contributed by atoms with E-state index in [1.54, 1.807) is 18.2 Å². The van der Waals surface area contributed by atoms with Gasteiger partial charge in [-0.2, -0.15) is 0 Å². The first kappa shape index (κ1) is 20.8. The van der Waals surface area contributed by atoms with Gasteiger partial charge in [0.1, 0.15) is 6.04 Å². The maximum Gasteiger partial charge on any atom is 0.338 e. The van der Waals surface area contributed by atoms with Crippen molar-refractivity contribution in [2.75, 3.05) is 6.61 Å². The van der Waals surface area contributed by atoms with Gasteiger partial charge in [0.2, 0.25) is 0 Å². The molecule has 3 rings (SSSR count). The quantitative estimate of drug-likeness (QED) is 0.408. The van der Waals surface area contributed by atoms with Crippen LogP contribution in [0.4, 0.5) is 0 Å². The molecule has 0 saturated carbocycles. The lowest BCUT2D eigenvalue weighted by atomic mass is 9.93. The predicted molar refractivity (Wildman–Crippen MR) is 116 cm³/mol. The largest absolute Gasteiger partial charge is 0.462 e. The Hall–Kier alpha value is -2.94. The molecule has 0 bridgehead atoms. The number of hydrogen-bond donors (Lipinski definition) is 2. The van der Waals surface area contributed by atoms with Crippen molar-refractivity contribution in [2.45, 2.75) is 18.9 Å². The molecule has 148 valence electrons. The number of ether oxygens (including phenoxy) is 1. The third-order valence-corrected chi connectivity index (χ3v) is 4.68. The Labute approximate surface area is 179 Å². The van der Waals surface area contributed by atoms with E-state index in [2.05, 4.69) is 16.2 Å². The van der Waals surface area contributed by atoms with Crippen LogP contribution in [-0.4, -0.2) is 18.5 Å². The molecular weight excluding hydrogens is 409 g/mol. The van der Waals surface area contributed by atoms with Crippen LogP contribution in [-0.2, 0) is 9.53 Å². The number of halogens is 2. The molecule has 0 radical (unpaired) electrons. The van der Waals surface area contributed by atoms with Gasteiger partial charge >= 0.3 is 5.97 Å². The second-order valence-electron chi connectivity index (χ2n) is 6.34. The average Bonchev–Trinajstić information content (AvgIpc) is 2.70. The van der Waals surface area contributed by atoms with Gasteiger partial charge < -0.3 is 15.8 Å². The zero-order chi connectivity index (χ0) is 20.8. The molecule has 0 aromatic heterocycles. The van der Waals surface area contributed by atoms with Crippen molar-refractivity contribution >= 4 is 40.8 Å². The summed E-state index contributed by atoms with van der Waals surface area (Å²) in [6.07, 6.45) is 6.36. The zero-order valence-corrected chi connectivity index (χ0v) is 17.0. The molecule has 5 nitrogen and oxygen atoms in total. The van der Waals surface area contributed by atoms with E-state index in [4.69, 9.17) is 40.1 Å². The van der Waals surface area contributed by atoms with Crippen molar-refractivity contribution in [3.63, 3.8) is 0 Å². The molecule has 1 unspecified atom stereocenters. The van der Waals surface area contributed by atoms with E-state index < -0.39 is 12.0 Å². The number of nitrogens with one attached hydrogen (secondary N) is 1. The van der Waals surface area contributed by atoms with Gasteiger partial charge in [0.25, 0.3) is 0 Å². The summed E-state index contributed by atoms with van der Waals surface area (Å²) < 4.78 is 5.47. The molecule has 0 fully saturated rings. The van der Waals surface area contributed by atoms with Gasteiger partial charge in [0, 0.05) is 16.5 Å². The highest BCUT2D eigenvalue weighted by molar-refractivity contribution is 6.34. The van der Waals surface area contributed by atoms with Gasteiger partial charge in [-0.25, -0.2) is 9.79 Å². The third-order valence-electron chi connectivity index (χ3n) is 4.25. The van der Waals surface area contributed by atoms with Gasteiger partial charge in [-0.1, -0.05) is 53.5 Å². The molecule has 1 aliphatic heterocycles. The minimum atomic E-state index is -0.720. The van der Waals surface area contributed by atoms with E-state index in [1.165, 1.54) is 0 Å². The number of esters is 1. The molecule has 29 heavy (non-hydrogen) atoms. The molecule has 2 aromatic rings. The van der Waals surface area contributed by atoms with Crippen molar-refractivity contribution in [2.24, 2.45) is 10.7 Å². The molecule has 3 N–H and O–H groups in total. The summed E-state index contributed by atoms with van der Waals surface area (Å²) in [5.74, 6) is 2.19. The van der Waals surface area contributed by atoms with Gasteiger partial charge in [0.15, 0.2) is 5.96 Å². The summed E-state index contributed by atoms with van der Waals surface area (Å²) in [7, 11) is 0. The highest BCUT2D eigenvalue weighted by atomic mass is 35.5. The van der Waals surface area contributed by atoms with Crippen LogP contribution in [0.25, 0.3) is 5.70 Å². The number of nitrogens with zero attached hydrogens (tertiary/aromatic N) is 1. The molecule has 0 aliphatic carbocycles. The maximum atomic E-state index is 13.1. The Morgan fingerprint density at radius 3 is 2.55 bits per heavy atom. The number of carbonyl (C=O) groups excluding carboxylic acids is 1. The topological polar surface area (TPSA) is 76.7 Å². The lowest BCUT2D eigenvalue weighted by molar-refractivity contribution is -0.139. The second kappa shape index (κ2) is 9.51. The van der Waals surface area contributed by atoms with Crippen LogP contribution in [0.15, 0.2) is 59.1 Å². The Balaban J connectivity index is 2.08. The Kier molecular flexibility index (Phi) is 6.82. The highest BCUT2D eigenvalue weighted by Crippen LogP contribution is 2.36. The van der Waals surface area contributed by atoms with Crippen molar-refractivity contribution < 1.29 is 9.53 Å². The summed E-state index contributed by atoms with van der Waals surface area (Å²) in [5.41, 5.74) is 8.30. The molecular formula is C22H19Cl2N3O2. The Morgan fingerprint density at radius 2 is 1.90 bits per heavy atom. The van der Waals surface area contributed by atoms with E-state index in [0.29, 0.717) is 39.7 Å². The number of nitrogens with two attached hydrogens (primary N) is 1. The molecule has 0 spiro atoms. The number of unbranched alkanes of at least 4 members (excludes halogenated alkanes) is 1. The van der Waals surface area contributed by atoms with E-state index in [1.807, 2.05) is 30.3 Å². The smallest absolute Gasteiger partial charge is 0.338 e. The molecule has 0 saturated heterocycles. The minimum Gasteiger partial charge on any atom is -0.462 e. The minimum absolute atomic E-state index is 0.175. The zero-order valence-electron chi connectivity index (χ0n) is 15.5. The third kappa shape index (κ3) is 5.11. The fourth-order valence-corrected chi connectivity index (χ4v) is 3.55. The lowest BCUT2D eigenvalue weighted by Gasteiger charge is -2.26. The molecule has 7 heteroatoms. The van der Waals surface area contributed by atoms with Crippen LogP contribution in [0.1, 0.15) is 30.0 Å². The van der Waals surface area contributed by atoms with Crippen molar-refractivity contribution in [1.29, 1.82) is 0 Å². The van der Waals surface area contributed by atoms with Crippen LogP contribution in [0.5, 0.6) is 0 Å². The number of benzene rings is 2. The summed E-state index contributed by atoms with van der Waals surface area (Å²) in [6.45, 7) is 0.205. The van der Waals surface area contributed by atoms with Crippen LogP contribution in [0.2, 0.25) is 10.0 Å². The van der Waals surface area contributed by atoms with Crippen LogP contribution < -0.4 is 11.1 Å². The molecule has 2 aromatic carbocycles. The Morgan fingerprint density at radius 1 is 1.21 bits per heavy atom. The van der Waals surface area contributed by atoms with Gasteiger partial charge in [-0.3, -0.25) is 0 Å². The fraction of sp³-hybridized carbons (Fsp3) is 0.182. The molecule has 0 amide bonds. The summed E-state index contributed by atoms with van der Waals surface area (Å²) in [4.78, 5) is 17.5. The first-order valence-electron chi connectivity index (χ1n) is 8.96. The van der Waals surface area contributed by atoms with E-state index in [0.717, 1.165) is 5.56 Å². The predicted octanol–water partition coefficient (Wildman–Crippen LogP) is 4.32. The summed E-state index contributed by atoms with van der Waals surface area (Å²) in [6, 6.07) is 13.7. The number of hydrogen-bond acceptors (Lipinski definition) is 5. The number of guanidine groups is 1. The summed E-state index contributed by atoms with van der Waals surface area (Å²) >= 11 is 12.3. The highest BCUT2D eigenvalue weighted by Gasteiger charge is 2.32. The fourth-order valence-electron chi connectivity index (χ4n) is 3.01. The molecule has 1 heterocycles. The standard InChI is InChI=1S/C22H19Cl2N3O2/c1-2-3-7-10-29-21(28)18-19(14-8-5-4-6-9-14)26-22(25)27-20(18)15-11-16(23)13-17(24)12-15/h1,4-6,8-9,11-13,20H,3,7,10H2,(H3,25,26,27). The van der Waals surface area contributed by atoms with E-state index >= 15 is 0 Å². The van der Waals surface area contributed by atoms with Crippen molar-refractivity contribution in [1.82, 2.24) is 5.32 Å². The second-order valence-corrected chi connectivity index (χ2v) is 7.22. The van der Waals surface area contributed by atoms with Gasteiger partial charge in [0.05, 0.1) is 17.9 Å².